The van der Waals surface area contributed by atoms with Gasteiger partial charge in [-0.2, -0.15) is 0 Å². The minimum absolute atomic E-state index is 0.654. The fourth-order valence-electron chi connectivity index (χ4n) is 3.57. The lowest BCUT2D eigenvalue weighted by atomic mass is 10.1. The molecule has 34 heavy (non-hydrogen) atoms. The molecule has 0 saturated carbocycles. The molecule has 0 atom stereocenters. The molecule has 0 amide bonds. The Balaban J connectivity index is 1.06. The molecular weight excluding hydrogens is 424 g/mol. The molecule has 4 aromatic heterocycles. The zero-order chi connectivity index (χ0) is 23.3. The van der Waals surface area contributed by atoms with Crippen molar-refractivity contribution in [1.82, 2.24) is 19.9 Å². The first kappa shape index (κ1) is 23.4. The number of hydrogen-bond donors (Lipinski definition) is 0. The summed E-state index contributed by atoms with van der Waals surface area (Å²) in [6, 6.07) is 23.2. The SMILES string of the molecule is c1ccc(-c2cccc(OCCCCCCCCOc3cccc(-c4ccccn4)n3)n2)nc1. The van der Waals surface area contributed by atoms with Gasteiger partial charge in [0.25, 0.3) is 0 Å². The van der Waals surface area contributed by atoms with Crippen LogP contribution >= 0.6 is 0 Å². The number of unbranched alkanes of at least 4 members (excludes halogenated alkanes) is 5. The van der Waals surface area contributed by atoms with Crippen LogP contribution in [0.1, 0.15) is 38.5 Å². The molecule has 0 aliphatic carbocycles. The quantitative estimate of drug-likeness (QED) is 0.218. The van der Waals surface area contributed by atoms with Gasteiger partial charge in [0, 0.05) is 24.5 Å². The molecular formula is C28H30N4O2. The molecule has 0 aliphatic heterocycles. The third-order valence-corrected chi connectivity index (χ3v) is 5.34. The van der Waals surface area contributed by atoms with Crippen molar-refractivity contribution in [1.29, 1.82) is 0 Å². The van der Waals surface area contributed by atoms with E-state index in [2.05, 4.69) is 19.9 Å². The number of rotatable bonds is 13. The first-order chi connectivity index (χ1) is 16.9. The van der Waals surface area contributed by atoms with Gasteiger partial charge in [-0.3, -0.25) is 9.97 Å². The summed E-state index contributed by atoms with van der Waals surface area (Å²) in [5.74, 6) is 1.31. The van der Waals surface area contributed by atoms with Crippen LogP contribution in [0, 0.1) is 0 Å². The van der Waals surface area contributed by atoms with Crippen LogP contribution in [0.25, 0.3) is 22.8 Å². The molecule has 0 bridgehead atoms. The standard InChI is InChI=1S/C28H30N4O2/c1(3-9-21-33-27-17-11-15-25(31-27)23-13-5-7-19-29-23)2-4-10-22-34-28-18-12-16-26(32-28)24-14-6-8-20-30-24/h5-8,11-20H,1-4,9-10,21-22H2. The van der Waals surface area contributed by atoms with Crippen molar-refractivity contribution in [2.24, 2.45) is 0 Å². The van der Waals surface area contributed by atoms with Gasteiger partial charge in [-0.1, -0.05) is 49.9 Å². The largest absolute Gasteiger partial charge is 0.478 e. The van der Waals surface area contributed by atoms with Gasteiger partial charge < -0.3 is 9.47 Å². The lowest BCUT2D eigenvalue weighted by Crippen LogP contribution is -2.01. The second-order valence-electron chi connectivity index (χ2n) is 7.97. The Morgan fingerprint density at radius 1 is 0.441 bits per heavy atom. The summed E-state index contributed by atoms with van der Waals surface area (Å²) in [5, 5.41) is 0. The van der Waals surface area contributed by atoms with Crippen molar-refractivity contribution in [2.75, 3.05) is 13.2 Å². The van der Waals surface area contributed by atoms with Gasteiger partial charge in [0.15, 0.2) is 0 Å². The predicted molar refractivity (Wildman–Crippen MR) is 134 cm³/mol. The summed E-state index contributed by atoms with van der Waals surface area (Å²) in [6.45, 7) is 1.36. The third kappa shape index (κ3) is 7.37. The van der Waals surface area contributed by atoms with Gasteiger partial charge in [0.05, 0.1) is 36.0 Å². The van der Waals surface area contributed by atoms with Gasteiger partial charge >= 0.3 is 0 Å². The number of hydrogen-bond acceptors (Lipinski definition) is 6. The molecule has 0 radical (unpaired) electrons. The molecule has 4 heterocycles. The van der Waals surface area contributed by atoms with Crippen molar-refractivity contribution < 1.29 is 9.47 Å². The van der Waals surface area contributed by atoms with E-state index in [1.807, 2.05) is 72.8 Å². The van der Waals surface area contributed by atoms with Gasteiger partial charge in [-0.05, 0) is 49.2 Å². The Morgan fingerprint density at radius 3 is 1.32 bits per heavy atom. The summed E-state index contributed by atoms with van der Waals surface area (Å²) in [4.78, 5) is 17.8. The van der Waals surface area contributed by atoms with Crippen molar-refractivity contribution >= 4 is 0 Å². The first-order valence-electron chi connectivity index (χ1n) is 11.9. The Morgan fingerprint density at radius 2 is 0.882 bits per heavy atom. The smallest absolute Gasteiger partial charge is 0.213 e. The highest BCUT2D eigenvalue weighted by Gasteiger charge is 2.04. The maximum atomic E-state index is 5.83. The monoisotopic (exact) mass is 454 g/mol. The van der Waals surface area contributed by atoms with E-state index in [-0.39, 0.29) is 0 Å². The average molecular weight is 455 g/mol. The maximum Gasteiger partial charge on any atom is 0.213 e. The molecule has 4 aromatic rings. The molecule has 0 unspecified atom stereocenters. The Bertz CT molecular complexity index is 1030. The zero-order valence-corrected chi connectivity index (χ0v) is 19.3. The van der Waals surface area contributed by atoms with Crippen LogP contribution in [0.4, 0.5) is 0 Å². The summed E-state index contributed by atoms with van der Waals surface area (Å²) in [5.41, 5.74) is 3.38. The van der Waals surface area contributed by atoms with Crippen LogP contribution in [0.3, 0.4) is 0 Å². The Labute approximate surface area is 201 Å². The predicted octanol–water partition coefficient (Wildman–Crippen LogP) is 6.40. The number of pyridine rings is 4. The summed E-state index contributed by atoms with van der Waals surface area (Å²) in [7, 11) is 0. The van der Waals surface area contributed by atoms with Gasteiger partial charge in [0.1, 0.15) is 0 Å². The molecule has 0 aliphatic rings. The molecule has 6 nitrogen and oxygen atoms in total. The molecule has 0 aromatic carbocycles. The van der Waals surface area contributed by atoms with E-state index in [9.17, 15) is 0 Å². The van der Waals surface area contributed by atoms with E-state index >= 15 is 0 Å². The number of nitrogens with zero attached hydrogens (tertiary/aromatic N) is 4. The van der Waals surface area contributed by atoms with Crippen LogP contribution in [0.2, 0.25) is 0 Å². The van der Waals surface area contributed by atoms with E-state index in [1.54, 1.807) is 12.4 Å². The lowest BCUT2D eigenvalue weighted by Gasteiger charge is -2.08. The highest BCUT2D eigenvalue weighted by molar-refractivity contribution is 5.54. The minimum Gasteiger partial charge on any atom is -0.478 e. The summed E-state index contributed by atoms with van der Waals surface area (Å²) >= 11 is 0. The molecule has 174 valence electrons. The van der Waals surface area contributed by atoms with E-state index < -0.39 is 0 Å². The molecule has 0 N–H and O–H groups in total. The van der Waals surface area contributed by atoms with Crippen molar-refractivity contribution in [3.05, 3.63) is 85.2 Å². The van der Waals surface area contributed by atoms with Crippen LogP contribution in [0.15, 0.2) is 85.2 Å². The van der Waals surface area contributed by atoms with E-state index in [0.717, 1.165) is 48.5 Å². The fraction of sp³-hybridized carbons (Fsp3) is 0.286. The topological polar surface area (TPSA) is 70.0 Å². The minimum atomic E-state index is 0.654. The second kappa shape index (κ2) is 13.0. The zero-order valence-electron chi connectivity index (χ0n) is 19.3. The van der Waals surface area contributed by atoms with Gasteiger partial charge in [0.2, 0.25) is 11.8 Å². The van der Waals surface area contributed by atoms with Crippen molar-refractivity contribution in [2.45, 2.75) is 38.5 Å². The highest BCUT2D eigenvalue weighted by Crippen LogP contribution is 2.19. The van der Waals surface area contributed by atoms with E-state index in [1.165, 1.54) is 12.8 Å². The lowest BCUT2D eigenvalue weighted by molar-refractivity contribution is 0.286. The molecule has 0 fully saturated rings. The fourth-order valence-corrected chi connectivity index (χ4v) is 3.57. The average Bonchev–Trinajstić information content (AvgIpc) is 2.91. The van der Waals surface area contributed by atoms with Crippen molar-refractivity contribution in [3.8, 4) is 34.5 Å². The van der Waals surface area contributed by atoms with Gasteiger partial charge in [-0.15, -0.1) is 0 Å². The van der Waals surface area contributed by atoms with Gasteiger partial charge in [-0.25, -0.2) is 9.97 Å². The van der Waals surface area contributed by atoms with Crippen LogP contribution in [-0.4, -0.2) is 33.1 Å². The maximum absolute atomic E-state index is 5.83. The number of aromatic nitrogens is 4. The summed E-state index contributed by atoms with van der Waals surface area (Å²) in [6.07, 6.45) is 10.3. The number of ether oxygens (including phenoxy) is 2. The van der Waals surface area contributed by atoms with E-state index in [4.69, 9.17) is 9.47 Å². The van der Waals surface area contributed by atoms with Crippen LogP contribution in [0.5, 0.6) is 11.8 Å². The van der Waals surface area contributed by atoms with Crippen LogP contribution in [-0.2, 0) is 0 Å². The van der Waals surface area contributed by atoms with Crippen LogP contribution < -0.4 is 9.47 Å². The third-order valence-electron chi connectivity index (χ3n) is 5.34. The molecule has 0 spiro atoms. The molecule has 4 rings (SSSR count). The van der Waals surface area contributed by atoms with E-state index in [0.29, 0.717) is 25.0 Å². The Kier molecular flexibility index (Phi) is 8.96. The first-order valence-corrected chi connectivity index (χ1v) is 11.9. The Hall–Kier alpha value is -3.80. The summed E-state index contributed by atoms with van der Waals surface area (Å²) < 4.78 is 11.7. The van der Waals surface area contributed by atoms with Crippen molar-refractivity contribution in [3.63, 3.8) is 0 Å². The highest BCUT2D eigenvalue weighted by atomic mass is 16.5. The molecule has 0 saturated heterocycles. The second-order valence-corrected chi connectivity index (χ2v) is 7.97. The molecule has 6 heteroatoms. The normalized spacial score (nSPS) is 10.7.